The Morgan fingerprint density at radius 2 is 1.87 bits per heavy atom. The first-order chi connectivity index (χ1) is 14.8. The Morgan fingerprint density at radius 1 is 1.13 bits per heavy atom. The van der Waals surface area contributed by atoms with Gasteiger partial charge in [-0.25, -0.2) is 4.98 Å². The van der Waals surface area contributed by atoms with Crippen molar-refractivity contribution >= 4 is 27.4 Å². The van der Waals surface area contributed by atoms with Crippen LogP contribution < -0.4 is 10.2 Å². The molecule has 0 atom stereocenters. The number of amides is 1. The highest BCUT2D eigenvalue weighted by Gasteiger charge is 2.34. The van der Waals surface area contributed by atoms with Gasteiger partial charge in [0.05, 0.1) is 0 Å². The first-order valence-corrected chi connectivity index (χ1v) is 12.3. The third-order valence-electron chi connectivity index (χ3n) is 7.59. The average molecular weight is 423 g/mol. The fourth-order valence-electron chi connectivity index (χ4n) is 5.10. The van der Waals surface area contributed by atoms with Gasteiger partial charge in [-0.1, -0.05) is 6.07 Å². The first-order valence-electron chi connectivity index (χ1n) is 12.3. The van der Waals surface area contributed by atoms with Crippen LogP contribution in [0.2, 0.25) is 0 Å². The Kier molecular flexibility index (Phi) is 6.97. The molecule has 1 amide bonds. The van der Waals surface area contributed by atoms with Gasteiger partial charge in [0.15, 0.2) is 0 Å². The van der Waals surface area contributed by atoms with Crippen molar-refractivity contribution in [1.29, 1.82) is 0 Å². The van der Waals surface area contributed by atoms with Crippen LogP contribution >= 0.6 is 0 Å². The fourth-order valence-corrected chi connectivity index (χ4v) is 5.10. The van der Waals surface area contributed by atoms with Gasteiger partial charge in [-0.2, -0.15) is 0 Å². The van der Waals surface area contributed by atoms with Gasteiger partial charge < -0.3 is 15.1 Å². The predicted molar refractivity (Wildman–Crippen MR) is 132 cm³/mol. The summed E-state index contributed by atoms with van der Waals surface area (Å²) in [6.45, 7) is 11.0. The lowest BCUT2D eigenvalue weighted by molar-refractivity contribution is 0.0947. The van der Waals surface area contributed by atoms with E-state index in [9.17, 15) is 4.79 Å². The van der Waals surface area contributed by atoms with Crippen LogP contribution in [-0.2, 0) is 0 Å². The Hall–Kier alpha value is -1.53. The van der Waals surface area contributed by atoms with E-state index in [2.05, 4.69) is 55.6 Å². The van der Waals surface area contributed by atoms with Gasteiger partial charge in [0.2, 0.25) is 0 Å². The summed E-state index contributed by atoms with van der Waals surface area (Å²) in [5.74, 6) is 1.57. The molecule has 0 unspecified atom stereocenters. The van der Waals surface area contributed by atoms with Crippen LogP contribution in [-0.4, -0.2) is 93.1 Å². The standard InChI is InChI=1S/C23H39B2N5O/c1-17(2)28-11-8-19(9-12-28)29-13-10-23(24,25)30(15-14-29)21-5-3-4-20(27-21)22(31)26-16-18-6-7-18/h3-5,17-19H,6-16,24-25H2,1-2H3,(H,26,31). The van der Waals surface area contributed by atoms with E-state index in [-0.39, 0.29) is 11.2 Å². The highest BCUT2D eigenvalue weighted by Crippen LogP contribution is 2.28. The van der Waals surface area contributed by atoms with Crippen LogP contribution in [0, 0.1) is 5.92 Å². The van der Waals surface area contributed by atoms with E-state index < -0.39 is 0 Å². The summed E-state index contributed by atoms with van der Waals surface area (Å²) in [7, 11) is 4.64. The van der Waals surface area contributed by atoms with Crippen LogP contribution in [0.4, 0.5) is 5.82 Å². The largest absolute Gasteiger partial charge is 0.366 e. The molecular formula is C23H39B2N5O. The minimum atomic E-state index is -0.0417. The van der Waals surface area contributed by atoms with Crippen molar-refractivity contribution in [2.75, 3.05) is 44.2 Å². The number of carbonyl (C=O) groups excluding carboxylic acids is 1. The highest BCUT2D eigenvalue weighted by atomic mass is 16.1. The molecule has 2 aliphatic heterocycles. The minimum Gasteiger partial charge on any atom is -0.366 e. The van der Waals surface area contributed by atoms with Gasteiger partial charge in [0.1, 0.15) is 27.2 Å². The molecule has 1 aromatic heterocycles. The van der Waals surface area contributed by atoms with Gasteiger partial charge in [0, 0.05) is 31.7 Å². The van der Waals surface area contributed by atoms with Gasteiger partial charge in [-0.05, 0) is 89.0 Å². The zero-order valence-electron chi connectivity index (χ0n) is 19.9. The van der Waals surface area contributed by atoms with E-state index >= 15 is 0 Å². The van der Waals surface area contributed by atoms with Crippen molar-refractivity contribution in [3.63, 3.8) is 0 Å². The molecule has 4 rings (SSSR count). The molecule has 8 heteroatoms. The third-order valence-corrected chi connectivity index (χ3v) is 7.59. The van der Waals surface area contributed by atoms with Crippen molar-refractivity contribution in [2.24, 2.45) is 5.92 Å². The summed E-state index contributed by atoms with van der Waals surface area (Å²) >= 11 is 0. The van der Waals surface area contributed by atoms with E-state index in [0.29, 0.717) is 23.7 Å². The number of likely N-dealkylation sites (tertiary alicyclic amines) is 1. The molecule has 0 radical (unpaired) electrons. The second-order valence-electron chi connectivity index (χ2n) is 10.6. The summed E-state index contributed by atoms with van der Waals surface area (Å²) in [4.78, 5) is 25.1. The molecule has 3 fully saturated rings. The van der Waals surface area contributed by atoms with E-state index in [1.54, 1.807) is 0 Å². The molecule has 1 saturated carbocycles. The van der Waals surface area contributed by atoms with E-state index in [1.807, 2.05) is 12.1 Å². The lowest BCUT2D eigenvalue weighted by atomic mass is 9.59. The molecule has 0 bridgehead atoms. The number of carbonyl (C=O) groups is 1. The summed E-state index contributed by atoms with van der Waals surface area (Å²) < 4.78 is 0. The molecule has 2 saturated heterocycles. The predicted octanol–water partition coefficient (Wildman–Crippen LogP) is 0.526. The second kappa shape index (κ2) is 9.53. The number of pyridine rings is 1. The number of hydrogen-bond donors (Lipinski definition) is 1. The maximum absolute atomic E-state index is 12.6. The molecule has 0 spiro atoms. The monoisotopic (exact) mass is 423 g/mol. The molecule has 168 valence electrons. The number of piperidine rings is 1. The lowest BCUT2D eigenvalue weighted by Gasteiger charge is -2.39. The number of hydrogen-bond acceptors (Lipinski definition) is 5. The molecule has 31 heavy (non-hydrogen) atoms. The van der Waals surface area contributed by atoms with Crippen molar-refractivity contribution in [1.82, 2.24) is 20.1 Å². The van der Waals surface area contributed by atoms with E-state index in [1.165, 1.54) is 38.8 Å². The van der Waals surface area contributed by atoms with Gasteiger partial charge in [-0.3, -0.25) is 9.69 Å². The number of rotatable bonds is 6. The van der Waals surface area contributed by atoms with Gasteiger partial charge >= 0.3 is 0 Å². The number of anilines is 1. The smallest absolute Gasteiger partial charge is 0.269 e. The van der Waals surface area contributed by atoms with Crippen LogP contribution in [0.3, 0.4) is 0 Å². The van der Waals surface area contributed by atoms with Crippen molar-refractivity contribution < 1.29 is 4.79 Å². The lowest BCUT2D eigenvalue weighted by Crippen LogP contribution is -2.51. The molecule has 1 N–H and O–H groups in total. The third kappa shape index (κ3) is 5.64. The molecule has 3 aliphatic rings. The quantitative estimate of drug-likeness (QED) is 0.677. The first kappa shape index (κ1) is 22.7. The molecule has 3 heterocycles. The van der Waals surface area contributed by atoms with Crippen molar-refractivity contribution in [3.8, 4) is 0 Å². The van der Waals surface area contributed by atoms with Crippen LogP contribution in [0.5, 0.6) is 0 Å². The van der Waals surface area contributed by atoms with Gasteiger partial charge in [-0.15, -0.1) is 0 Å². The summed E-state index contributed by atoms with van der Waals surface area (Å²) in [5.41, 5.74) is 0.538. The van der Waals surface area contributed by atoms with Crippen LogP contribution in [0.25, 0.3) is 0 Å². The zero-order chi connectivity index (χ0) is 22.0. The van der Waals surface area contributed by atoms with Crippen molar-refractivity contribution in [2.45, 2.75) is 63.4 Å². The zero-order valence-corrected chi connectivity index (χ0v) is 19.9. The second-order valence-corrected chi connectivity index (χ2v) is 10.6. The van der Waals surface area contributed by atoms with Crippen LogP contribution in [0.1, 0.15) is 56.4 Å². The maximum Gasteiger partial charge on any atom is 0.269 e. The Morgan fingerprint density at radius 3 is 2.55 bits per heavy atom. The Bertz CT molecular complexity index is 762. The number of nitrogens with zero attached hydrogens (tertiary/aromatic N) is 4. The van der Waals surface area contributed by atoms with Gasteiger partial charge in [0.25, 0.3) is 5.91 Å². The summed E-state index contributed by atoms with van der Waals surface area (Å²) in [6, 6.07) is 7.23. The number of aromatic nitrogens is 1. The Labute approximate surface area is 189 Å². The molecule has 6 nitrogen and oxygen atoms in total. The Balaban J connectivity index is 1.40. The summed E-state index contributed by atoms with van der Waals surface area (Å²) in [5, 5.41) is 3.07. The normalized spacial score (nSPS) is 23.6. The molecular weight excluding hydrogens is 384 g/mol. The van der Waals surface area contributed by atoms with E-state index in [0.717, 1.165) is 38.4 Å². The summed E-state index contributed by atoms with van der Waals surface area (Å²) in [6.07, 6.45) is 6.13. The maximum atomic E-state index is 12.6. The molecule has 1 aromatic rings. The topological polar surface area (TPSA) is 51.7 Å². The molecule has 1 aliphatic carbocycles. The van der Waals surface area contributed by atoms with Crippen LogP contribution in [0.15, 0.2) is 18.2 Å². The van der Waals surface area contributed by atoms with Crippen molar-refractivity contribution in [3.05, 3.63) is 23.9 Å². The molecule has 0 aromatic carbocycles. The highest BCUT2D eigenvalue weighted by molar-refractivity contribution is 6.41. The number of nitrogens with one attached hydrogen (secondary N) is 1. The average Bonchev–Trinajstić information content (AvgIpc) is 3.59. The minimum absolute atomic E-state index is 0.0174. The fraction of sp³-hybridized carbons (Fsp3) is 0.739. The van der Waals surface area contributed by atoms with E-state index in [4.69, 9.17) is 4.98 Å². The SMILES string of the molecule is BC1(B)CCN(C2CCN(C(C)C)CC2)CCN1c1cccc(C(=O)NCC2CC2)n1.